The van der Waals surface area contributed by atoms with E-state index in [4.69, 9.17) is 0 Å². The van der Waals surface area contributed by atoms with Gasteiger partial charge in [-0.2, -0.15) is 0 Å². The molecule has 4 heteroatoms. The third-order valence-electron chi connectivity index (χ3n) is 2.93. The second-order valence-electron chi connectivity index (χ2n) is 4.00. The zero-order valence-electron chi connectivity index (χ0n) is 8.81. The summed E-state index contributed by atoms with van der Waals surface area (Å²) in [6.07, 6.45) is 6.80. The van der Waals surface area contributed by atoms with Crippen LogP contribution in [0.5, 0.6) is 0 Å². The van der Waals surface area contributed by atoms with E-state index in [9.17, 15) is 0 Å². The third kappa shape index (κ3) is 1.73. The zero-order valence-corrected chi connectivity index (χ0v) is 10.4. The highest BCUT2D eigenvalue weighted by molar-refractivity contribution is 9.10. The van der Waals surface area contributed by atoms with Gasteiger partial charge < -0.3 is 9.47 Å². The molecule has 0 radical (unpaired) electrons. The number of fused-ring (bicyclic) bond motifs is 1. The summed E-state index contributed by atoms with van der Waals surface area (Å²) in [5.41, 5.74) is 2.77. The molecule has 0 aliphatic carbocycles. The smallest absolute Gasteiger partial charge is 0.0960 e. The molecule has 0 atom stereocenters. The number of hydrogen-bond acceptors (Lipinski definition) is 2. The van der Waals surface area contributed by atoms with E-state index in [1.165, 1.54) is 11.3 Å². The highest BCUT2D eigenvalue weighted by atomic mass is 79.9. The molecule has 1 aromatic heterocycles. The van der Waals surface area contributed by atoms with Crippen LogP contribution in [0.25, 0.3) is 0 Å². The summed E-state index contributed by atoms with van der Waals surface area (Å²) in [6.45, 7) is 1.97. The molecule has 0 N–H and O–H groups in total. The molecular formula is C12H12BrN3. The van der Waals surface area contributed by atoms with Crippen molar-refractivity contribution in [2.45, 2.75) is 13.1 Å². The van der Waals surface area contributed by atoms with Crippen molar-refractivity contribution in [2.24, 2.45) is 0 Å². The minimum atomic E-state index is 0.884. The van der Waals surface area contributed by atoms with E-state index in [1.54, 1.807) is 0 Å². The molecule has 2 heterocycles. The van der Waals surface area contributed by atoms with Crippen LogP contribution in [0.3, 0.4) is 0 Å². The van der Waals surface area contributed by atoms with Crippen molar-refractivity contribution in [3.8, 4) is 0 Å². The first-order chi connectivity index (χ1) is 7.83. The highest BCUT2D eigenvalue weighted by Crippen LogP contribution is 2.30. The first-order valence-corrected chi connectivity index (χ1v) is 6.11. The average Bonchev–Trinajstić information content (AvgIpc) is 2.89. The molecule has 0 amide bonds. The molecule has 0 unspecified atom stereocenters. The molecule has 1 aliphatic rings. The molecule has 0 bridgehead atoms. The van der Waals surface area contributed by atoms with Gasteiger partial charge in [0.05, 0.1) is 13.0 Å². The van der Waals surface area contributed by atoms with Crippen LogP contribution in [0.2, 0.25) is 0 Å². The van der Waals surface area contributed by atoms with Crippen LogP contribution in [0.1, 0.15) is 5.56 Å². The van der Waals surface area contributed by atoms with Crippen LogP contribution in [-0.2, 0) is 13.1 Å². The van der Waals surface area contributed by atoms with Gasteiger partial charge in [-0.1, -0.05) is 15.9 Å². The molecule has 82 valence electrons. The number of halogens is 1. The van der Waals surface area contributed by atoms with Gasteiger partial charge in [0.25, 0.3) is 0 Å². The third-order valence-corrected chi connectivity index (χ3v) is 3.42. The maximum atomic E-state index is 4.06. The monoisotopic (exact) mass is 277 g/mol. The molecular weight excluding hydrogens is 266 g/mol. The fourth-order valence-electron chi connectivity index (χ4n) is 2.15. The van der Waals surface area contributed by atoms with Gasteiger partial charge in [-0.15, -0.1) is 0 Å². The lowest BCUT2D eigenvalue weighted by Gasteiger charge is -2.19. The fourth-order valence-corrected chi connectivity index (χ4v) is 2.56. The number of imidazole rings is 1. The Morgan fingerprint density at radius 1 is 1.38 bits per heavy atom. The van der Waals surface area contributed by atoms with E-state index in [0.29, 0.717) is 0 Å². The first kappa shape index (κ1) is 9.90. The van der Waals surface area contributed by atoms with E-state index < -0.39 is 0 Å². The summed E-state index contributed by atoms with van der Waals surface area (Å²) in [4.78, 5) is 6.44. The molecule has 0 spiro atoms. The van der Waals surface area contributed by atoms with Crippen LogP contribution in [0.15, 0.2) is 41.4 Å². The Labute approximate surface area is 103 Å². The van der Waals surface area contributed by atoms with Crippen molar-refractivity contribution < 1.29 is 0 Å². The topological polar surface area (TPSA) is 21.1 Å². The minimum Gasteiger partial charge on any atom is -0.353 e. The van der Waals surface area contributed by atoms with Crippen molar-refractivity contribution in [1.29, 1.82) is 0 Å². The Hall–Kier alpha value is -1.29. The number of aromatic nitrogens is 2. The van der Waals surface area contributed by atoms with E-state index in [2.05, 4.69) is 48.6 Å². The van der Waals surface area contributed by atoms with Gasteiger partial charge in [0, 0.05) is 29.1 Å². The van der Waals surface area contributed by atoms with E-state index in [0.717, 1.165) is 24.1 Å². The molecule has 3 nitrogen and oxygen atoms in total. The van der Waals surface area contributed by atoms with Crippen LogP contribution in [0, 0.1) is 0 Å². The standard InChI is InChI=1S/C12H12BrN3/c13-11-1-2-12-10(7-11)3-5-16(12)9-15-6-4-14-8-15/h1-2,4,6-8H,3,5,9H2. The summed E-state index contributed by atoms with van der Waals surface area (Å²) in [5.74, 6) is 0. The maximum Gasteiger partial charge on any atom is 0.0960 e. The predicted molar refractivity (Wildman–Crippen MR) is 67.4 cm³/mol. The molecule has 2 aromatic rings. The second kappa shape index (κ2) is 3.94. The maximum absolute atomic E-state index is 4.06. The summed E-state index contributed by atoms with van der Waals surface area (Å²) in [5, 5.41) is 0. The van der Waals surface area contributed by atoms with E-state index in [1.807, 2.05) is 18.7 Å². The SMILES string of the molecule is Brc1ccc2c(c1)CCN2Cn1ccnc1. The van der Waals surface area contributed by atoms with Gasteiger partial charge in [0.1, 0.15) is 0 Å². The Morgan fingerprint density at radius 3 is 3.12 bits per heavy atom. The van der Waals surface area contributed by atoms with Gasteiger partial charge >= 0.3 is 0 Å². The Morgan fingerprint density at radius 2 is 2.31 bits per heavy atom. The first-order valence-electron chi connectivity index (χ1n) is 5.32. The van der Waals surface area contributed by atoms with Gasteiger partial charge in [0.15, 0.2) is 0 Å². The van der Waals surface area contributed by atoms with Gasteiger partial charge in [-0.25, -0.2) is 4.98 Å². The second-order valence-corrected chi connectivity index (χ2v) is 4.92. The van der Waals surface area contributed by atoms with Gasteiger partial charge in [-0.3, -0.25) is 0 Å². The predicted octanol–water partition coefficient (Wildman–Crippen LogP) is 2.67. The molecule has 1 aromatic carbocycles. The summed E-state index contributed by atoms with van der Waals surface area (Å²) in [6, 6.07) is 6.50. The van der Waals surface area contributed by atoms with Gasteiger partial charge in [0.2, 0.25) is 0 Å². The highest BCUT2D eigenvalue weighted by Gasteiger charge is 2.18. The fraction of sp³-hybridized carbons (Fsp3) is 0.250. The normalized spacial score (nSPS) is 14.2. The van der Waals surface area contributed by atoms with Crippen molar-refractivity contribution in [3.05, 3.63) is 47.0 Å². The largest absolute Gasteiger partial charge is 0.353 e. The van der Waals surface area contributed by atoms with E-state index >= 15 is 0 Å². The van der Waals surface area contributed by atoms with Crippen LogP contribution in [-0.4, -0.2) is 16.1 Å². The molecule has 0 fully saturated rings. The Bertz CT molecular complexity index is 493. The molecule has 0 saturated carbocycles. The Balaban J connectivity index is 1.86. The molecule has 16 heavy (non-hydrogen) atoms. The van der Waals surface area contributed by atoms with Crippen molar-refractivity contribution in [3.63, 3.8) is 0 Å². The molecule has 0 saturated heterocycles. The van der Waals surface area contributed by atoms with Crippen LogP contribution < -0.4 is 4.90 Å². The number of anilines is 1. The lowest BCUT2D eigenvalue weighted by Crippen LogP contribution is -2.23. The number of benzene rings is 1. The van der Waals surface area contributed by atoms with Gasteiger partial charge in [-0.05, 0) is 30.2 Å². The van der Waals surface area contributed by atoms with E-state index in [-0.39, 0.29) is 0 Å². The van der Waals surface area contributed by atoms with Crippen molar-refractivity contribution in [2.75, 3.05) is 11.4 Å². The lowest BCUT2D eigenvalue weighted by molar-refractivity contribution is 0.655. The van der Waals surface area contributed by atoms with Crippen LogP contribution >= 0.6 is 15.9 Å². The molecule has 3 rings (SSSR count). The van der Waals surface area contributed by atoms with Crippen molar-refractivity contribution >= 4 is 21.6 Å². The quantitative estimate of drug-likeness (QED) is 0.842. The van der Waals surface area contributed by atoms with Crippen LogP contribution in [0.4, 0.5) is 5.69 Å². The zero-order chi connectivity index (χ0) is 11.0. The number of nitrogens with zero attached hydrogens (tertiary/aromatic N) is 3. The summed E-state index contributed by atoms with van der Waals surface area (Å²) < 4.78 is 3.26. The summed E-state index contributed by atoms with van der Waals surface area (Å²) >= 11 is 3.51. The molecule has 1 aliphatic heterocycles. The number of rotatable bonds is 2. The van der Waals surface area contributed by atoms with Crippen molar-refractivity contribution in [1.82, 2.24) is 9.55 Å². The lowest BCUT2D eigenvalue weighted by atomic mass is 10.2. The Kier molecular flexibility index (Phi) is 2.44. The minimum absolute atomic E-state index is 0.884. The average molecular weight is 278 g/mol. The summed E-state index contributed by atoms with van der Waals surface area (Å²) in [7, 11) is 0. The number of hydrogen-bond donors (Lipinski definition) is 0.